The van der Waals surface area contributed by atoms with Gasteiger partial charge in [-0.2, -0.15) is 13.2 Å². The van der Waals surface area contributed by atoms with Crippen molar-refractivity contribution in [1.29, 1.82) is 0 Å². The Labute approximate surface area is 157 Å². The van der Waals surface area contributed by atoms with E-state index in [9.17, 15) is 22.8 Å². The predicted octanol–water partition coefficient (Wildman–Crippen LogP) is 5.30. The first kappa shape index (κ1) is 17.8. The van der Waals surface area contributed by atoms with Gasteiger partial charge in [0.05, 0.1) is 22.4 Å². The minimum atomic E-state index is -4.46. The van der Waals surface area contributed by atoms with Crippen molar-refractivity contribution in [1.82, 2.24) is 0 Å². The van der Waals surface area contributed by atoms with Gasteiger partial charge in [-0.15, -0.1) is 0 Å². The summed E-state index contributed by atoms with van der Waals surface area (Å²) >= 11 is 0. The first-order chi connectivity index (χ1) is 13.3. The molecule has 4 nitrogen and oxygen atoms in total. The highest BCUT2D eigenvalue weighted by molar-refractivity contribution is 6.34. The summed E-state index contributed by atoms with van der Waals surface area (Å²) in [4.78, 5) is 26.0. The van der Waals surface area contributed by atoms with Crippen LogP contribution >= 0.6 is 0 Å². The molecule has 2 amide bonds. The molecule has 0 saturated carbocycles. The van der Waals surface area contributed by atoms with Gasteiger partial charge >= 0.3 is 6.18 Å². The molecule has 3 aromatic carbocycles. The molecule has 0 radical (unpaired) electrons. The number of amides is 2. The second-order valence-electron chi connectivity index (χ2n) is 6.11. The van der Waals surface area contributed by atoms with Crippen LogP contribution in [0, 0.1) is 0 Å². The molecule has 3 aromatic rings. The third kappa shape index (κ3) is 3.11. The van der Waals surface area contributed by atoms with Gasteiger partial charge in [-0.05, 0) is 54.6 Å². The zero-order chi connectivity index (χ0) is 19.9. The summed E-state index contributed by atoms with van der Waals surface area (Å²) in [7, 11) is 0. The summed E-state index contributed by atoms with van der Waals surface area (Å²) < 4.78 is 43.8. The Morgan fingerprint density at radius 1 is 0.714 bits per heavy atom. The lowest BCUT2D eigenvalue weighted by molar-refractivity contribution is -0.137. The molecule has 0 aliphatic carbocycles. The van der Waals surface area contributed by atoms with Crippen molar-refractivity contribution in [3.05, 3.63) is 89.5 Å². The monoisotopic (exact) mass is 383 g/mol. The maximum atomic E-state index is 12.8. The van der Waals surface area contributed by atoms with Crippen molar-refractivity contribution in [2.75, 3.05) is 4.90 Å². The van der Waals surface area contributed by atoms with Crippen LogP contribution in [0.3, 0.4) is 0 Å². The molecule has 1 heterocycles. The van der Waals surface area contributed by atoms with Crippen LogP contribution in [0.2, 0.25) is 0 Å². The number of benzene rings is 3. The molecular weight excluding hydrogens is 371 g/mol. The molecular formula is C21H12F3NO3. The van der Waals surface area contributed by atoms with Crippen LogP contribution in [-0.4, -0.2) is 11.8 Å². The van der Waals surface area contributed by atoms with E-state index in [1.807, 2.05) is 0 Å². The number of alkyl halides is 3. The van der Waals surface area contributed by atoms with E-state index >= 15 is 0 Å². The Balaban J connectivity index is 1.56. The number of imide groups is 1. The van der Waals surface area contributed by atoms with E-state index in [4.69, 9.17) is 4.74 Å². The summed E-state index contributed by atoms with van der Waals surface area (Å²) in [6, 6.07) is 17.0. The molecule has 0 N–H and O–H groups in total. The fraction of sp³-hybridized carbons (Fsp3) is 0.0476. The fourth-order valence-electron chi connectivity index (χ4n) is 2.96. The van der Waals surface area contributed by atoms with Crippen molar-refractivity contribution in [2.24, 2.45) is 0 Å². The summed E-state index contributed by atoms with van der Waals surface area (Å²) in [5.74, 6) is -0.540. The molecule has 4 rings (SSSR count). The summed E-state index contributed by atoms with van der Waals surface area (Å²) in [6.07, 6.45) is -4.46. The third-order valence-corrected chi connectivity index (χ3v) is 4.29. The third-order valence-electron chi connectivity index (χ3n) is 4.29. The van der Waals surface area contributed by atoms with Gasteiger partial charge in [0, 0.05) is 0 Å². The van der Waals surface area contributed by atoms with Gasteiger partial charge in [-0.1, -0.05) is 18.2 Å². The number of carbonyl (C=O) groups excluding carboxylic acids is 2. The molecule has 140 valence electrons. The average molecular weight is 383 g/mol. The van der Waals surface area contributed by atoms with Crippen molar-refractivity contribution >= 4 is 17.5 Å². The Hall–Kier alpha value is -3.61. The van der Waals surface area contributed by atoms with Gasteiger partial charge < -0.3 is 4.74 Å². The predicted molar refractivity (Wildman–Crippen MR) is 95.5 cm³/mol. The number of carbonyl (C=O) groups is 2. The highest BCUT2D eigenvalue weighted by atomic mass is 19.4. The minimum Gasteiger partial charge on any atom is -0.457 e. The Bertz CT molecular complexity index is 1040. The molecule has 0 saturated heterocycles. The number of fused-ring (bicyclic) bond motifs is 1. The molecule has 0 bridgehead atoms. The van der Waals surface area contributed by atoms with E-state index in [0.717, 1.165) is 17.0 Å². The number of halogens is 3. The van der Waals surface area contributed by atoms with Gasteiger partial charge in [0.15, 0.2) is 0 Å². The summed E-state index contributed by atoms with van der Waals surface area (Å²) in [5, 5.41) is 0. The van der Waals surface area contributed by atoms with Crippen LogP contribution < -0.4 is 9.64 Å². The Morgan fingerprint density at radius 2 is 1.32 bits per heavy atom. The van der Waals surface area contributed by atoms with Crippen LogP contribution in [-0.2, 0) is 6.18 Å². The van der Waals surface area contributed by atoms with E-state index in [1.54, 1.807) is 24.3 Å². The molecule has 1 aliphatic rings. The zero-order valence-electron chi connectivity index (χ0n) is 14.2. The first-order valence-corrected chi connectivity index (χ1v) is 8.27. The Kier molecular flexibility index (Phi) is 4.15. The molecule has 1 aliphatic heterocycles. The van der Waals surface area contributed by atoms with E-state index in [2.05, 4.69) is 0 Å². The van der Waals surface area contributed by atoms with E-state index in [-0.39, 0.29) is 11.5 Å². The van der Waals surface area contributed by atoms with Crippen molar-refractivity contribution < 1.29 is 27.5 Å². The number of hydrogen-bond acceptors (Lipinski definition) is 3. The number of nitrogens with zero attached hydrogens (tertiary/aromatic N) is 1. The quantitative estimate of drug-likeness (QED) is 0.577. The van der Waals surface area contributed by atoms with Gasteiger partial charge in [0.25, 0.3) is 11.8 Å². The summed E-state index contributed by atoms with van der Waals surface area (Å²) in [6.45, 7) is 0. The topological polar surface area (TPSA) is 46.6 Å². The maximum absolute atomic E-state index is 12.8. The van der Waals surface area contributed by atoms with Crippen LogP contribution in [0.5, 0.6) is 11.5 Å². The van der Waals surface area contributed by atoms with Crippen LogP contribution in [0.25, 0.3) is 0 Å². The number of rotatable bonds is 3. The molecule has 7 heteroatoms. The van der Waals surface area contributed by atoms with E-state index in [1.165, 1.54) is 36.4 Å². The molecule has 0 spiro atoms. The molecule has 0 fully saturated rings. The van der Waals surface area contributed by atoms with Gasteiger partial charge in [0.1, 0.15) is 11.5 Å². The van der Waals surface area contributed by atoms with Gasteiger partial charge in [-0.3, -0.25) is 9.59 Å². The average Bonchev–Trinajstić information content (AvgIpc) is 2.93. The highest BCUT2D eigenvalue weighted by Gasteiger charge is 2.36. The summed E-state index contributed by atoms with van der Waals surface area (Å²) in [5.41, 5.74) is 0.198. The second kappa shape index (κ2) is 6.53. The normalized spacial score (nSPS) is 13.6. The fourth-order valence-corrected chi connectivity index (χ4v) is 2.96. The molecule has 0 unspecified atom stereocenters. The van der Waals surface area contributed by atoms with Crippen molar-refractivity contribution in [3.8, 4) is 11.5 Å². The zero-order valence-corrected chi connectivity index (χ0v) is 14.2. The van der Waals surface area contributed by atoms with Gasteiger partial charge in [-0.25, -0.2) is 4.90 Å². The number of ether oxygens (including phenoxy) is 1. The highest BCUT2D eigenvalue weighted by Crippen LogP contribution is 2.34. The largest absolute Gasteiger partial charge is 0.457 e. The smallest absolute Gasteiger partial charge is 0.416 e. The lowest BCUT2D eigenvalue weighted by Crippen LogP contribution is -2.29. The van der Waals surface area contributed by atoms with E-state index < -0.39 is 23.6 Å². The SMILES string of the molecule is O=C1c2ccccc2C(=O)N1c1ccc(Oc2cccc(C(F)(F)F)c2)cc1. The van der Waals surface area contributed by atoms with Crippen LogP contribution in [0.4, 0.5) is 18.9 Å². The van der Waals surface area contributed by atoms with Gasteiger partial charge in [0.2, 0.25) is 0 Å². The molecule has 0 atom stereocenters. The van der Waals surface area contributed by atoms with Crippen LogP contribution in [0.1, 0.15) is 26.3 Å². The number of hydrogen-bond donors (Lipinski definition) is 0. The Morgan fingerprint density at radius 3 is 1.89 bits per heavy atom. The van der Waals surface area contributed by atoms with E-state index in [0.29, 0.717) is 16.8 Å². The lowest BCUT2D eigenvalue weighted by Gasteiger charge is -2.15. The molecule has 28 heavy (non-hydrogen) atoms. The minimum absolute atomic E-state index is 0.0308. The standard InChI is InChI=1S/C21H12F3NO3/c22-21(23,24)13-4-3-5-16(12-13)28-15-10-8-14(9-11-15)25-19(26)17-6-1-2-7-18(17)20(25)27/h1-12H. The van der Waals surface area contributed by atoms with Crippen molar-refractivity contribution in [2.45, 2.75) is 6.18 Å². The maximum Gasteiger partial charge on any atom is 0.416 e. The van der Waals surface area contributed by atoms with Crippen LogP contribution in [0.15, 0.2) is 72.8 Å². The number of anilines is 1. The first-order valence-electron chi connectivity index (χ1n) is 8.27. The lowest BCUT2D eigenvalue weighted by atomic mass is 10.1. The van der Waals surface area contributed by atoms with Crippen molar-refractivity contribution in [3.63, 3.8) is 0 Å². The second-order valence-corrected chi connectivity index (χ2v) is 6.11. The molecule has 0 aromatic heterocycles.